The van der Waals surface area contributed by atoms with Gasteiger partial charge < -0.3 is 0 Å². The minimum atomic E-state index is 0.535. The molecule has 1 fully saturated rings. The Bertz CT molecular complexity index is 483. The molecule has 0 N–H and O–H groups in total. The van der Waals surface area contributed by atoms with E-state index in [0.717, 1.165) is 23.1 Å². The van der Waals surface area contributed by atoms with Crippen LogP contribution in [-0.2, 0) is 6.54 Å². The van der Waals surface area contributed by atoms with Crippen LogP contribution in [0.3, 0.4) is 0 Å². The molecule has 90 valence electrons. The van der Waals surface area contributed by atoms with Crippen LogP contribution in [0.4, 0.5) is 0 Å². The van der Waals surface area contributed by atoms with Crippen LogP contribution >= 0.6 is 34.5 Å². The summed E-state index contributed by atoms with van der Waals surface area (Å²) < 4.78 is 4.61. The lowest BCUT2D eigenvalue weighted by Gasteiger charge is -2.22. The molecule has 1 saturated heterocycles. The molecule has 1 aliphatic rings. The summed E-state index contributed by atoms with van der Waals surface area (Å²) in [5.41, 5.74) is 0.917. The predicted octanol–water partition coefficient (Wildman–Crippen LogP) is 3.59. The first-order valence-electron chi connectivity index (χ1n) is 5.59. The molecule has 17 heavy (non-hydrogen) atoms. The van der Waals surface area contributed by atoms with E-state index in [-0.39, 0.29) is 0 Å². The minimum absolute atomic E-state index is 0.535. The van der Waals surface area contributed by atoms with E-state index in [0.29, 0.717) is 6.04 Å². The van der Waals surface area contributed by atoms with Gasteiger partial charge in [-0.2, -0.15) is 0 Å². The van der Waals surface area contributed by atoms with Crippen molar-refractivity contribution in [2.45, 2.75) is 25.4 Å². The number of hydrogen-bond donors (Lipinski definition) is 0. The molecule has 6 heteroatoms. The van der Waals surface area contributed by atoms with Crippen molar-refractivity contribution in [3.05, 3.63) is 32.4 Å². The van der Waals surface area contributed by atoms with Crippen LogP contribution < -0.4 is 0 Å². The standard InChI is InChI=1S/C11H12ClN3S2/c12-11-8(13-14-17-11)7-15-5-1-3-9(15)10-4-2-6-16-10/h2,4,6,9H,1,3,5,7H2/t9-/m1/s1. The molecular weight excluding hydrogens is 274 g/mol. The Morgan fingerprint density at radius 3 is 3.18 bits per heavy atom. The van der Waals surface area contributed by atoms with Crippen LogP contribution in [0.5, 0.6) is 0 Å². The zero-order valence-electron chi connectivity index (χ0n) is 9.17. The summed E-state index contributed by atoms with van der Waals surface area (Å²) >= 11 is 9.16. The molecule has 0 unspecified atom stereocenters. The fraction of sp³-hybridized carbons (Fsp3) is 0.455. The highest BCUT2D eigenvalue weighted by Crippen LogP contribution is 2.36. The summed E-state index contributed by atoms with van der Waals surface area (Å²) in [6.07, 6.45) is 2.48. The lowest BCUT2D eigenvalue weighted by molar-refractivity contribution is 0.248. The fourth-order valence-electron chi connectivity index (χ4n) is 2.30. The van der Waals surface area contributed by atoms with Gasteiger partial charge in [-0.25, -0.2) is 0 Å². The van der Waals surface area contributed by atoms with Gasteiger partial charge in [-0.05, 0) is 30.8 Å². The van der Waals surface area contributed by atoms with Gasteiger partial charge in [0.2, 0.25) is 0 Å². The second kappa shape index (κ2) is 5.02. The fourth-order valence-corrected chi connectivity index (χ4v) is 3.81. The molecule has 2 aromatic heterocycles. The van der Waals surface area contributed by atoms with Crippen molar-refractivity contribution in [3.63, 3.8) is 0 Å². The third kappa shape index (κ3) is 2.38. The van der Waals surface area contributed by atoms with E-state index in [4.69, 9.17) is 11.6 Å². The second-order valence-corrected chi connectivity index (χ2v) is 6.47. The minimum Gasteiger partial charge on any atom is -0.290 e. The number of thiophene rings is 1. The number of rotatable bonds is 3. The number of halogens is 1. The van der Waals surface area contributed by atoms with Crippen molar-refractivity contribution in [2.75, 3.05) is 6.54 Å². The molecule has 0 aliphatic carbocycles. The van der Waals surface area contributed by atoms with Gasteiger partial charge >= 0.3 is 0 Å². The van der Waals surface area contributed by atoms with Crippen molar-refractivity contribution in [2.24, 2.45) is 0 Å². The van der Waals surface area contributed by atoms with E-state index in [9.17, 15) is 0 Å². The molecule has 2 aromatic rings. The van der Waals surface area contributed by atoms with Crippen molar-refractivity contribution >= 4 is 34.5 Å². The smallest absolute Gasteiger partial charge is 0.138 e. The van der Waals surface area contributed by atoms with Gasteiger partial charge in [0.1, 0.15) is 10.0 Å². The zero-order chi connectivity index (χ0) is 11.7. The number of aromatic nitrogens is 2. The first kappa shape index (κ1) is 11.6. The molecule has 0 aromatic carbocycles. The van der Waals surface area contributed by atoms with Gasteiger partial charge in [0.25, 0.3) is 0 Å². The molecule has 3 nitrogen and oxygen atoms in total. The third-order valence-electron chi connectivity index (χ3n) is 3.10. The van der Waals surface area contributed by atoms with Gasteiger partial charge in [0, 0.05) is 29.0 Å². The number of hydrogen-bond acceptors (Lipinski definition) is 5. The predicted molar refractivity (Wildman–Crippen MR) is 71.6 cm³/mol. The highest BCUT2D eigenvalue weighted by molar-refractivity contribution is 7.10. The monoisotopic (exact) mass is 285 g/mol. The van der Waals surface area contributed by atoms with Crippen LogP contribution in [0, 0.1) is 0 Å². The molecule has 0 amide bonds. The van der Waals surface area contributed by atoms with Gasteiger partial charge in [-0.3, -0.25) is 4.90 Å². The first-order valence-corrected chi connectivity index (χ1v) is 7.62. The largest absolute Gasteiger partial charge is 0.290 e. The molecule has 3 heterocycles. The topological polar surface area (TPSA) is 29.0 Å². The third-order valence-corrected chi connectivity index (χ3v) is 5.06. The lowest BCUT2D eigenvalue weighted by Crippen LogP contribution is -2.22. The van der Waals surface area contributed by atoms with E-state index in [1.54, 1.807) is 0 Å². The highest BCUT2D eigenvalue weighted by Gasteiger charge is 2.27. The van der Waals surface area contributed by atoms with Crippen molar-refractivity contribution in [1.29, 1.82) is 0 Å². The van der Waals surface area contributed by atoms with Gasteiger partial charge in [0.15, 0.2) is 0 Å². The van der Waals surface area contributed by atoms with Crippen molar-refractivity contribution in [3.8, 4) is 0 Å². The number of nitrogens with zero attached hydrogens (tertiary/aromatic N) is 3. The van der Waals surface area contributed by atoms with Gasteiger partial charge in [-0.15, -0.1) is 16.4 Å². The van der Waals surface area contributed by atoms with Crippen molar-refractivity contribution in [1.82, 2.24) is 14.5 Å². The maximum atomic E-state index is 6.06. The summed E-state index contributed by atoms with van der Waals surface area (Å²) in [7, 11) is 0. The Kier molecular flexibility index (Phi) is 3.42. The van der Waals surface area contributed by atoms with Crippen LogP contribution in [0.1, 0.15) is 29.5 Å². The Balaban J connectivity index is 1.77. The van der Waals surface area contributed by atoms with E-state index in [1.807, 2.05) is 11.3 Å². The second-order valence-electron chi connectivity index (χ2n) is 4.14. The average molecular weight is 286 g/mol. The molecule has 3 rings (SSSR count). The van der Waals surface area contributed by atoms with E-state index < -0.39 is 0 Å². The van der Waals surface area contributed by atoms with Crippen LogP contribution in [-0.4, -0.2) is 21.0 Å². The normalized spacial score (nSPS) is 21.1. The molecule has 1 aliphatic heterocycles. The Hall–Kier alpha value is -0.490. The number of likely N-dealkylation sites (tertiary alicyclic amines) is 1. The zero-order valence-corrected chi connectivity index (χ0v) is 11.6. The summed E-state index contributed by atoms with van der Waals surface area (Å²) in [5.74, 6) is 0. The summed E-state index contributed by atoms with van der Waals surface area (Å²) in [5, 5.41) is 6.24. The maximum Gasteiger partial charge on any atom is 0.138 e. The quantitative estimate of drug-likeness (QED) is 0.863. The highest BCUT2D eigenvalue weighted by atomic mass is 35.5. The lowest BCUT2D eigenvalue weighted by atomic mass is 10.2. The van der Waals surface area contributed by atoms with Crippen LogP contribution in [0.2, 0.25) is 4.34 Å². The van der Waals surface area contributed by atoms with E-state index >= 15 is 0 Å². The van der Waals surface area contributed by atoms with E-state index in [1.165, 1.54) is 29.3 Å². The maximum absolute atomic E-state index is 6.06. The summed E-state index contributed by atoms with van der Waals surface area (Å²) in [6, 6.07) is 4.87. The van der Waals surface area contributed by atoms with E-state index in [2.05, 4.69) is 32.0 Å². The molecular formula is C11H12ClN3S2. The van der Waals surface area contributed by atoms with Crippen molar-refractivity contribution < 1.29 is 0 Å². The molecule has 0 saturated carbocycles. The SMILES string of the molecule is Clc1snnc1CN1CCC[C@@H]1c1cccs1. The first-order chi connectivity index (χ1) is 8.34. The van der Waals surface area contributed by atoms with Crippen LogP contribution in [0.15, 0.2) is 17.5 Å². The van der Waals surface area contributed by atoms with Crippen LogP contribution in [0.25, 0.3) is 0 Å². The molecule has 0 spiro atoms. The molecule has 0 radical (unpaired) electrons. The van der Waals surface area contributed by atoms with Gasteiger partial charge in [0.05, 0.1) is 0 Å². The molecule has 0 bridgehead atoms. The van der Waals surface area contributed by atoms with Gasteiger partial charge in [-0.1, -0.05) is 22.2 Å². The average Bonchev–Trinajstić information content (AvgIpc) is 3.02. The Labute approximate surface area is 113 Å². The Morgan fingerprint density at radius 2 is 2.47 bits per heavy atom. The summed E-state index contributed by atoms with van der Waals surface area (Å²) in [6.45, 7) is 1.94. The Morgan fingerprint density at radius 1 is 1.53 bits per heavy atom. The molecule has 1 atom stereocenters. The summed E-state index contributed by atoms with van der Waals surface area (Å²) in [4.78, 5) is 3.90.